The van der Waals surface area contributed by atoms with Crippen LogP contribution < -0.4 is 21.4 Å². The molecule has 4 N–H and O–H groups in total. The van der Waals surface area contributed by atoms with Gasteiger partial charge in [-0.15, -0.1) is 0 Å². The number of anilines is 2. The van der Waals surface area contributed by atoms with Gasteiger partial charge in [-0.05, 0) is 46.1 Å². The number of aryl methyl sites for hydroxylation is 1. The summed E-state index contributed by atoms with van der Waals surface area (Å²) in [6, 6.07) is -0.934. The summed E-state index contributed by atoms with van der Waals surface area (Å²) >= 11 is 0. The Kier molecular flexibility index (Phi) is 5.28. The normalized spacial score (nSPS) is 24.3. The van der Waals surface area contributed by atoms with Gasteiger partial charge in [0.05, 0.1) is 34.4 Å². The maximum absolute atomic E-state index is 15.8. The van der Waals surface area contributed by atoms with Gasteiger partial charge in [0.15, 0.2) is 5.82 Å². The second kappa shape index (κ2) is 7.81. The Morgan fingerprint density at radius 2 is 1.94 bits per heavy atom. The molecule has 1 spiro atoms. The zero-order chi connectivity index (χ0) is 26.3. The minimum absolute atomic E-state index is 0.164. The summed E-state index contributed by atoms with van der Waals surface area (Å²) in [5, 5.41) is 12.2. The molecule has 9 nitrogen and oxygen atoms in total. The van der Waals surface area contributed by atoms with Crippen LogP contribution in [-0.4, -0.2) is 52.6 Å². The number of rotatable bonds is 4. The lowest BCUT2D eigenvalue weighted by Gasteiger charge is -2.26. The van der Waals surface area contributed by atoms with E-state index in [1.54, 1.807) is 32.6 Å². The van der Waals surface area contributed by atoms with Crippen molar-refractivity contribution in [3.8, 4) is 0 Å². The first-order valence-electron chi connectivity index (χ1n) is 12.0. The summed E-state index contributed by atoms with van der Waals surface area (Å²) in [6.07, 6.45) is 1.25. The van der Waals surface area contributed by atoms with Gasteiger partial charge in [0.1, 0.15) is 17.3 Å². The van der Waals surface area contributed by atoms with Gasteiger partial charge in [0.2, 0.25) is 5.43 Å². The van der Waals surface area contributed by atoms with E-state index in [1.165, 1.54) is 4.57 Å². The average molecular weight is 505 g/mol. The van der Waals surface area contributed by atoms with Gasteiger partial charge in [0.25, 0.3) is 0 Å². The molecule has 3 fully saturated rings. The number of aromatic nitrogens is 1. The maximum Gasteiger partial charge on any atom is 0.407 e. The number of carbonyl (C=O) groups is 2. The van der Waals surface area contributed by atoms with E-state index in [4.69, 9.17) is 10.5 Å². The van der Waals surface area contributed by atoms with Gasteiger partial charge in [0, 0.05) is 31.1 Å². The lowest BCUT2D eigenvalue weighted by atomic mass is 10.0. The molecule has 11 heteroatoms. The van der Waals surface area contributed by atoms with Crippen molar-refractivity contribution >= 4 is 34.3 Å². The number of ether oxygens (including phenoxy) is 1. The highest BCUT2D eigenvalue weighted by Crippen LogP contribution is 2.55. The van der Waals surface area contributed by atoms with E-state index in [1.807, 2.05) is 0 Å². The fourth-order valence-electron chi connectivity index (χ4n) is 5.46. The summed E-state index contributed by atoms with van der Waals surface area (Å²) in [4.78, 5) is 38.9. The van der Waals surface area contributed by atoms with Gasteiger partial charge in [-0.1, -0.05) is 0 Å². The van der Waals surface area contributed by atoms with Crippen LogP contribution in [0.3, 0.4) is 0 Å². The summed E-state index contributed by atoms with van der Waals surface area (Å²) in [5.41, 5.74) is 4.07. The Morgan fingerprint density at radius 1 is 1.31 bits per heavy atom. The minimum atomic E-state index is -1.49. The van der Waals surface area contributed by atoms with Crippen LogP contribution in [0.2, 0.25) is 0 Å². The molecule has 36 heavy (non-hydrogen) atoms. The number of pyridine rings is 1. The van der Waals surface area contributed by atoms with Crippen molar-refractivity contribution in [1.82, 2.24) is 9.88 Å². The standard InChI is InChI=1S/C25H30F2N4O5/c1-11-19-16(21(32)12(22(33)34)8-31(19)14-7-13(14)26)18(28)17(27)20(11)30-9-15(25(10-30)5-6-25)29-23(35)36-24(2,3)4/h8,13-15H,5-7,9-10,28H2,1-4H3,(H,29,35)(H,33,34)/t13-,14+,15+/m0/s1. The molecule has 2 aliphatic carbocycles. The molecule has 194 valence electrons. The van der Waals surface area contributed by atoms with Crippen LogP contribution in [0, 0.1) is 18.2 Å². The molecule has 0 bridgehead atoms. The van der Waals surface area contributed by atoms with E-state index in [9.17, 15) is 23.9 Å². The van der Waals surface area contributed by atoms with E-state index in [2.05, 4.69) is 5.32 Å². The van der Waals surface area contributed by atoms with Crippen LogP contribution in [0.15, 0.2) is 11.0 Å². The molecule has 2 aromatic rings. The number of alkyl carbamates (subject to hydrolysis) is 1. The Balaban J connectivity index is 1.60. The lowest BCUT2D eigenvalue weighted by molar-refractivity contribution is 0.0493. The number of carboxylic acid groups (broad SMARTS) is 1. The van der Waals surface area contributed by atoms with E-state index >= 15 is 4.39 Å². The second-order valence-corrected chi connectivity index (χ2v) is 11.3. The smallest absolute Gasteiger partial charge is 0.407 e. The number of hydrogen-bond donors (Lipinski definition) is 3. The minimum Gasteiger partial charge on any atom is -0.477 e. The monoisotopic (exact) mass is 504 g/mol. The van der Waals surface area contributed by atoms with Crippen molar-refractivity contribution in [3.05, 3.63) is 33.4 Å². The molecule has 1 amide bonds. The number of amides is 1. The third kappa shape index (κ3) is 3.84. The van der Waals surface area contributed by atoms with E-state index in [-0.39, 0.29) is 34.5 Å². The van der Waals surface area contributed by atoms with Crippen molar-refractivity contribution in [2.24, 2.45) is 5.41 Å². The van der Waals surface area contributed by atoms with Crippen LogP contribution in [-0.2, 0) is 4.74 Å². The number of benzene rings is 1. The van der Waals surface area contributed by atoms with Gasteiger partial charge >= 0.3 is 12.1 Å². The van der Waals surface area contributed by atoms with Gasteiger partial charge < -0.3 is 30.4 Å². The molecular formula is C25H30F2N4O5. The van der Waals surface area contributed by atoms with Crippen LogP contribution in [0.25, 0.3) is 10.9 Å². The molecule has 1 aromatic heterocycles. The number of nitrogen functional groups attached to an aromatic ring is 1. The fourth-order valence-corrected chi connectivity index (χ4v) is 5.46. The molecule has 1 aliphatic heterocycles. The van der Waals surface area contributed by atoms with Crippen LogP contribution in [0.1, 0.15) is 62.0 Å². The molecular weight excluding hydrogens is 474 g/mol. The molecule has 0 unspecified atom stereocenters. The van der Waals surface area contributed by atoms with Crippen molar-refractivity contribution in [1.29, 1.82) is 0 Å². The molecule has 1 saturated heterocycles. The number of hydrogen-bond acceptors (Lipinski definition) is 6. The van der Waals surface area contributed by atoms with E-state index in [0.29, 0.717) is 18.7 Å². The predicted molar refractivity (Wildman–Crippen MR) is 130 cm³/mol. The highest BCUT2D eigenvalue weighted by atomic mass is 19.1. The zero-order valence-electron chi connectivity index (χ0n) is 20.7. The molecule has 5 rings (SSSR count). The van der Waals surface area contributed by atoms with Crippen LogP contribution in [0.5, 0.6) is 0 Å². The van der Waals surface area contributed by atoms with E-state index in [0.717, 1.165) is 19.0 Å². The number of aromatic carboxylic acids is 1. The average Bonchev–Trinajstić information content (AvgIpc) is 3.65. The number of nitrogens with one attached hydrogen (secondary N) is 1. The van der Waals surface area contributed by atoms with Crippen molar-refractivity contribution < 1.29 is 28.2 Å². The number of alkyl halides is 1. The summed E-state index contributed by atoms with van der Waals surface area (Å²) in [6.45, 7) is 7.70. The largest absolute Gasteiger partial charge is 0.477 e. The quantitative estimate of drug-likeness (QED) is 0.544. The Labute approximate surface area is 206 Å². The Morgan fingerprint density at radius 3 is 2.47 bits per heavy atom. The first kappa shape index (κ1) is 24.3. The van der Waals surface area contributed by atoms with Gasteiger partial charge in [-0.2, -0.15) is 0 Å². The summed E-state index contributed by atoms with van der Waals surface area (Å²) < 4.78 is 36.8. The Hall–Kier alpha value is -3.37. The number of carbonyl (C=O) groups excluding carboxylic acids is 1. The van der Waals surface area contributed by atoms with Gasteiger partial charge in [-0.3, -0.25) is 4.79 Å². The SMILES string of the molecule is Cc1c(N2C[C@@H](NC(=O)OC(C)(C)C)C3(CC3)C2)c(F)c(N)c2c(=O)c(C(=O)O)cn([C@@H]3C[C@@H]3F)c12. The second-order valence-electron chi connectivity index (χ2n) is 11.3. The molecule has 1 aromatic carbocycles. The molecule has 2 saturated carbocycles. The first-order valence-corrected chi connectivity index (χ1v) is 12.0. The molecule has 3 atom stereocenters. The highest BCUT2D eigenvalue weighted by molar-refractivity contribution is 6.01. The number of fused-ring (bicyclic) bond motifs is 1. The Bertz CT molecular complexity index is 1360. The third-order valence-corrected chi connectivity index (χ3v) is 7.48. The maximum atomic E-state index is 15.8. The lowest BCUT2D eigenvalue weighted by Crippen LogP contribution is -2.44. The van der Waals surface area contributed by atoms with Crippen LogP contribution in [0.4, 0.5) is 25.0 Å². The fraction of sp³-hybridized carbons (Fsp3) is 0.560. The number of carboxylic acids is 1. The topological polar surface area (TPSA) is 127 Å². The molecule has 2 heterocycles. The number of halogens is 2. The third-order valence-electron chi connectivity index (χ3n) is 7.48. The van der Waals surface area contributed by atoms with Gasteiger partial charge in [-0.25, -0.2) is 18.4 Å². The van der Waals surface area contributed by atoms with E-state index < -0.39 is 52.4 Å². The summed E-state index contributed by atoms with van der Waals surface area (Å²) in [5.74, 6) is -2.31. The zero-order valence-corrected chi connectivity index (χ0v) is 20.7. The predicted octanol–water partition coefficient (Wildman–Crippen LogP) is 3.51. The number of nitrogens with two attached hydrogens (primary N) is 1. The van der Waals surface area contributed by atoms with Crippen molar-refractivity contribution in [2.75, 3.05) is 23.7 Å². The first-order chi connectivity index (χ1) is 16.7. The summed E-state index contributed by atoms with van der Waals surface area (Å²) in [7, 11) is 0. The van der Waals surface area contributed by atoms with Crippen molar-refractivity contribution in [2.45, 2.75) is 70.8 Å². The molecule has 0 radical (unpaired) electrons. The number of nitrogens with zero attached hydrogens (tertiary/aromatic N) is 2. The van der Waals surface area contributed by atoms with Crippen LogP contribution >= 0.6 is 0 Å². The molecule has 3 aliphatic rings. The highest BCUT2D eigenvalue weighted by Gasteiger charge is 2.56. The van der Waals surface area contributed by atoms with Crippen molar-refractivity contribution in [3.63, 3.8) is 0 Å².